The smallest absolute Gasteiger partial charge is 0.384 e. The fourth-order valence-electron chi connectivity index (χ4n) is 1.21. The zero-order valence-electron chi connectivity index (χ0n) is 8.48. The lowest BCUT2D eigenvalue weighted by atomic mass is 10.0. The number of benzene rings is 1. The molecule has 0 amide bonds. The first-order chi connectivity index (χ1) is 7.23. The summed E-state index contributed by atoms with van der Waals surface area (Å²) in [6, 6.07) is 3.62. The number of aliphatic hydroxyl groups is 1. The van der Waals surface area contributed by atoms with E-state index in [0.717, 1.165) is 6.07 Å². The molecule has 0 radical (unpaired) electrons. The Morgan fingerprint density at radius 1 is 1.44 bits per heavy atom. The van der Waals surface area contributed by atoms with Crippen LogP contribution in [0.4, 0.5) is 13.2 Å². The highest BCUT2D eigenvalue weighted by Gasteiger charge is 2.33. The summed E-state index contributed by atoms with van der Waals surface area (Å²) >= 11 is 2.83. The van der Waals surface area contributed by atoms with Crippen LogP contribution < -0.4 is 0 Å². The van der Waals surface area contributed by atoms with Crippen molar-refractivity contribution in [3.63, 3.8) is 0 Å². The molecule has 0 aliphatic carbocycles. The number of rotatable bonds is 2. The molecular weight excluding hydrogens is 285 g/mol. The van der Waals surface area contributed by atoms with E-state index in [0.29, 0.717) is 5.57 Å². The van der Waals surface area contributed by atoms with Gasteiger partial charge in [0.05, 0.1) is 11.7 Å². The third-order valence-electron chi connectivity index (χ3n) is 2.08. The molecule has 5 heteroatoms. The van der Waals surface area contributed by atoms with Crippen LogP contribution in [0.5, 0.6) is 0 Å². The fourth-order valence-corrected chi connectivity index (χ4v) is 1.69. The third kappa shape index (κ3) is 2.86. The van der Waals surface area contributed by atoms with Crippen molar-refractivity contribution in [3.8, 4) is 0 Å². The molecule has 1 aromatic rings. The van der Waals surface area contributed by atoms with Crippen LogP contribution in [0.2, 0.25) is 0 Å². The van der Waals surface area contributed by atoms with Gasteiger partial charge in [-0.2, -0.15) is 13.2 Å². The summed E-state index contributed by atoms with van der Waals surface area (Å²) in [5.74, 6) is 0. The predicted molar refractivity (Wildman–Crippen MR) is 58.9 cm³/mol. The summed E-state index contributed by atoms with van der Waals surface area (Å²) in [7, 11) is 0. The molecule has 1 atom stereocenters. The molecule has 88 valence electrons. The standard InChI is InChI=1S/C11H10BrF3O/c1-6(2)10(16)7-3-4-9(12)8(5-7)11(13,14)15/h3-5,10,16H,1H2,2H3. The van der Waals surface area contributed by atoms with Crippen molar-refractivity contribution in [2.45, 2.75) is 19.2 Å². The SMILES string of the molecule is C=C(C)C(O)c1ccc(Br)c(C(F)(F)F)c1. The number of aliphatic hydroxyl groups excluding tert-OH is 1. The molecule has 0 aliphatic rings. The minimum absolute atomic E-state index is 0.0438. The maximum Gasteiger partial charge on any atom is 0.417 e. The molecule has 1 unspecified atom stereocenters. The summed E-state index contributed by atoms with van der Waals surface area (Å²) in [6.45, 7) is 5.06. The Morgan fingerprint density at radius 3 is 2.44 bits per heavy atom. The maximum atomic E-state index is 12.6. The van der Waals surface area contributed by atoms with Crippen molar-refractivity contribution in [2.75, 3.05) is 0 Å². The van der Waals surface area contributed by atoms with Crippen LogP contribution in [0.25, 0.3) is 0 Å². The van der Waals surface area contributed by atoms with Crippen LogP contribution in [0.15, 0.2) is 34.8 Å². The Hall–Kier alpha value is -0.810. The van der Waals surface area contributed by atoms with E-state index in [1.165, 1.54) is 12.1 Å². The minimum atomic E-state index is -4.44. The first-order valence-corrected chi connectivity index (χ1v) is 5.23. The largest absolute Gasteiger partial charge is 0.417 e. The highest BCUT2D eigenvalue weighted by molar-refractivity contribution is 9.10. The highest BCUT2D eigenvalue weighted by atomic mass is 79.9. The fraction of sp³-hybridized carbons (Fsp3) is 0.273. The van der Waals surface area contributed by atoms with Gasteiger partial charge in [0.15, 0.2) is 0 Å². The van der Waals surface area contributed by atoms with E-state index in [4.69, 9.17) is 0 Å². The zero-order chi connectivity index (χ0) is 12.5. The molecule has 1 N–H and O–H groups in total. The molecule has 1 nitrogen and oxygen atoms in total. The average Bonchev–Trinajstić information content (AvgIpc) is 2.15. The van der Waals surface area contributed by atoms with Gasteiger partial charge in [-0.1, -0.05) is 28.6 Å². The first kappa shape index (κ1) is 13.3. The lowest BCUT2D eigenvalue weighted by Gasteiger charge is -2.14. The molecule has 0 spiro atoms. The Bertz CT molecular complexity index is 412. The Morgan fingerprint density at radius 2 is 2.00 bits per heavy atom. The second-order valence-corrected chi connectivity index (χ2v) is 4.34. The molecule has 0 saturated carbocycles. The van der Waals surface area contributed by atoms with Crippen molar-refractivity contribution in [1.29, 1.82) is 0 Å². The molecule has 0 aliphatic heterocycles. The second kappa shape index (κ2) is 4.59. The van der Waals surface area contributed by atoms with Crippen LogP contribution in [-0.2, 0) is 6.18 Å². The van der Waals surface area contributed by atoms with E-state index in [1.807, 2.05) is 0 Å². The van der Waals surface area contributed by atoms with E-state index in [1.54, 1.807) is 6.92 Å². The van der Waals surface area contributed by atoms with Crippen LogP contribution in [0, 0.1) is 0 Å². The van der Waals surface area contributed by atoms with Gasteiger partial charge >= 0.3 is 6.18 Å². The van der Waals surface area contributed by atoms with E-state index in [9.17, 15) is 18.3 Å². The molecule has 0 saturated heterocycles. The van der Waals surface area contributed by atoms with Gasteiger partial charge in [0, 0.05) is 4.47 Å². The highest BCUT2D eigenvalue weighted by Crippen LogP contribution is 2.36. The molecule has 0 fully saturated rings. The van der Waals surface area contributed by atoms with Crippen LogP contribution in [0.1, 0.15) is 24.2 Å². The van der Waals surface area contributed by atoms with E-state index in [-0.39, 0.29) is 10.0 Å². The molecule has 1 rings (SSSR count). The lowest BCUT2D eigenvalue weighted by Crippen LogP contribution is -2.08. The minimum Gasteiger partial charge on any atom is -0.384 e. The van der Waals surface area contributed by atoms with Gasteiger partial charge in [-0.15, -0.1) is 0 Å². The molecular formula is C11H10BrF3O. The maximum absolute atomic E-state index is 12.6. The van der Waals surface area contributed by atoms with Crippen molar-refractivity contribution < 1.29 is 18.3 Å². The Labute approximate surface area is 99.7 Å². The number of hydrogen-bond donors (Lipinski definition) is 1. The van der Waals surface area contributed by atoms with Crippen LogP contribution >= 0.6 is 15.9 Å². The number of halogens is 4. The van der Waals surface area contributed by atoms with Gasteiger partial charge in [-0.3, -0.25) is 0 Å². The first-order valence-electron chi connectivity index (χ1n) is 4.43. The summed E-state index contributed by atoms with van der Waals surface area (Å²) in [5, 5.41) is 9.60. The van der Waals surface area contributed by atoms with Gasteiger partial charge in [0.1, 0.15) is 0 Å². The van der Waals surface area contributed by atoms with Gasteiger partial charge in [-0.05, 0) is 30.2 Å². The van der Waals surface area contributed by atoms with Gasteiger partial charge in [0.25, 0.3) is 0 Å². The van der Waals surface area contributed by atoms with E-state index >= 15 is 0 Å². The molecule has 16 heavy (non-hydrogen) atoms. The Balaban J connectivity index is 3.23. The summed E-state index contributed by atoms with van der Waals surface area (Å²) < 4.78 is 37.6. The average molecular weight is 295 g/mol. The van der Waals surface area contributed by atoms with Crippen LogP contribution in [0.3, 0.4) is 0 Å². The molecule has 0 aromatic heterocycles. The summed E-state index contributed by atoms with van der Waals surface area (Å²) in [5.41, 5.74) is -0.219. The van der Waals surface area contributed by atoms with E-state index < -0.39 is 17.8 Å². The quantitative estimate of drug-likeness (QED) is 0.815. The summed E-state index contributed by atoms with van der Waals surface area (Å²) in [4.78, 5) is 0. The third-order valence-corrected chi connectivity index (χ3v) is 2.77. The summed E-state index contributed by atoms with van der Waals surface area (Å²) in [6.07, 6.45) is -5.52. The lowest BCUT2D eigenvalue weighted by molar-refractivity contribution is -0.138. The van der Waals surface area contributed by atoms with Crippen molar-refractivity contribution in [3.05, 3.63) is 46.0 Å². The molecule has 0 heterocycles. The zero-order valence-corrected chi connectivity index (χ0v) is 10.1. The number of hydrogen-bond acceptors (Lipinski definition) is 1. The van der Waals surface area contributed by atoms with Crippen molar-refractivity contribution in [1.82, 2.24) is 0 Å². The predicted octanol–water partition coefficient (Wildman–Crippen LogP) is 4.08. The molecule has 1 aromatic carbocycles. The van der Waals surface area contributed by atoms with Gasteiger partial charge in [-0.25, -0.2) is 0 Å². The second-order valence-electron chi connectivity index (χ2n) is 3.49. The van der Waals surface area contributed by atoms with E-state index in [2.05, 4.69) is 22.5 Å². The molecule has 0 bridgehead atoms. The Kier molecular flexibility index (Phi) is 3.80. The van der Waals surface area contributed by atoms with Crippen LogP contribution in [-0.4, -0.2) is 5.11 Å². The van der Waals surface area contributed by atoms with Gasteiger partial charge < -0.3 is 5.11 Å². The monoisotopic (exact) mass is 294 g/mol. The van der Waals surface area contributed by atoms with Gasteiger partial charge in [0.2, 0.25) is 0 Å². The normalized spacial score (nSPS) is 13.6. The number of alkyl halides is 3. The van der Waals surface area contributed by atoms with Crippen molar-refractivity contribution in [2.24, 2.45) is 0 Å². The topological polar surface area (TPSA) is 20.2 Å². The van der Waals surface area contributed by atoms with Crippen molar-refractivity contribution >= 4 is 15.9 Å².